The summed E-state index contributed by atoms with van der Waals surface area (Å²) in [6.45, 7) is 0. The van der Waals surface area contributed by atoms with E-state index in [1.54, 1.807) is 0 Å². The lowest BCUT2D eigenvalue weighted by molar-refractivity contribution is -0.0501. The summed E-state index contributed by atoms with van der Waals surface area (Å²) < 4.78 is 62.4. The van der Waals surface area contributed by atoms with E-state index in [1.807, 2.05) is 0 Å². The molecule has 1 aliphatic rings. The highest BCUT2D eigenvalue weighted by atomic mass is 32.2. The maximum Gasteiger partial charge on any atom is 0.534 e. The van der Waals surface area contributed by atoms with Crippen LogP contribution in [-0.4, -0.2) is 25.0 Å². The van der Waals surface area contributed by atoms with Crippen molar-refractivity contribution in [1.82, 2.24) is 4.98 Å². The Morgan fingerprint density at radius 3 is 2.65 bits per heavy atom. The van der Waals surface area contributed by atoms with E-state index >= 15 is 0 Å². The number of hydrogen-bond acceptors (Lipinski definition) is 6. The van der Waals surface area contributed by atoms with Crippen LogP contribution < -0.4 is 15.7 Å². The molecule has 1 heterocycles. The number of fused-ring (bicyclic) bond motifs is 1. The van der Waals surface area contributed by atoms with Crippen molar-refractivity contribution in [3.05, 3.63) is 17.3 Å². The SMILES string of the molecule is Nc1cc(OS(=O)(=O)C(F)(F)F)nc2c1CC(N)CC2. The van der Waals surface area contributed by atoms with Crippen LogP contribution in [0.5, 0.6) is 5.88 Å². The van der Waals surface area contributed by atoms with Crippen LogP contribution in [-0.2, 0) is 23.0 Å². The molecule has 0 fully saturated rings. The Labute approximate surface area is 113 Å². The lowest BCUT2D eigenvalue weighted by Crippen LogP contribution is -2.30. The van der Waals surface area contributed by atoms with Gasteiger partial charge in [-0.05, 0) is 24.8 Å². The molecule has 4 N–H and O–H groups in total. The number of pyridine rings is 1. The average molecular weight is 311 g/mol. The fourth-order valence-corrected chi connectivity index (χ4v) is 2.36. The molecule has 0 aliphatic heterocycles. The van der Waals surface area contributed by atoms with Gasteiger partial charge in [-0.3, -0.25) is 0 Å². The molecular weight excluding hydrogens is 299 g/mol. The van der Waals surface area contributed by atoms with Gasteiger partial charge in [-0.2, -0.15) is 21.6 Å². The molecule has 0 aromatic carbocycles. The van der Waals surface area contributed by atoms with E-state index in [9.17, 15) is 21.6 Å². The first-order valence-corrected chi connectivity index (χ1v) is 7.05. The van der Waals surface area contributed by atoms with Gasteiger partial charge in [-0.1, -0.05) is 0 Å². The highest BCUT2D eigenvalue weighted by Gasteiger charge is 2.49. The van der Waals surface area contributed by atoms with Crippen molar-refractivity contribution in [2.75, 3.05) is 5.73 Å². The normalized spacial score (nSPS) is 19.5. The van der Waals surface area contributed by atoms with Crippen LogP contribution >= 0.6 is 0 Å². The van der Waals surface area contributed by atoms with Gasteiger partial charge in [0.1, 0.15) is 0 Å². The summed E-state index contributed by atoms with van der Waals surface area (Å²) in [6.07, 6.45) is 1.44. The van der Waals surface area contributed by atoms with E-state index in [-0.39, 0.29) is 11.7 Å². The summed E-state index contributed by atoms with van der Waals surface area (Å²) in [5.41, 5.74) is 7.09. The molecule has 0 spiro atoms. The molecule has 1 aromatic rings. The van der Waals surface area contributed by atoms with Crippen molar-refractivity contribution in [3.63, 3.8) is 0 Å². The Kier molecular flexibility index (Phi) is 3.54. The molecule has 0 amide bonds. The second kappa shape index (κ2) is 4.77. The summed E-state index contributed by atoms with van der Waals surface area (Å²) in [6, 6.07) is 0.859. The fraction of sp³-hybridized carbons (Fsp3) is 0.500. The minimum Gasteiger partial charge on any atom is -0.398 e. The van der Waals surface area contributed by atoms with E-state index in [0.717, 1.165) is 6.07 Å². The lowest BCUT2D eigenvalue weighted by Gasteiger charge is -2.22. The number of nitrogens with zero attached hydrogens (tertiary/aromatic N) is 1. The molecule has 10 heteroatoms. The molecule has 1 atom stereocenters. The number of alkyl halides is 3. The third-order valence-corrected chi connectivity index (χ3v) is 3.87. The fourth-order valence-electron chi connectivity index (χ4n) is 1.95. The Morgan fingerprint density at radius 1 is 1.40 bits per heavy atom. The van der Waals surface area contributed by atoms with Crippen LogP contribution in [0.3, 0.4) is 0 Å². The van der Waals surface area contributed by atoms with Crippen LogP contribution in [0.25, 0.3) is 0 Å². The summed E-state index contributed by atoms with van der Waals surface area (Å²) >= 11 is 0. The molecule has 1 unspecified atom stereocenters. The summed E-state index contributed by atoms with van der Waals surface area (Å²) in [4.78, 5) is 3.77. The van der Waals surface area contributed by atoms with Crippen molar-refractivity contribution < 1.29 is 25.8 Å². The zero-order chi connectivity index (χ0) is 15.1. The molecule has 1 aliphatic carbocycles. The van der Waals surface area contributed by atoms with Crippen molar-refractivity contribution in [3.8, 4) is 5.88 Å². The van der Waals surface area contributed by atoms with Gasteiger partial charge in [-0.25, -0.2) is 4.98 Å². The second-order valence-corrected chi connectivity index (χ2v) is 6.00. The molecule has 0 saturated heterocycles. The van der Waals surface area contributed by atoms with Crippen LogP contribution in [0.2, 0.25) is 0 Å². The maximum absolute atomic E-state index is 12.2. The summed E-state index contributed by atoms with van der Waals surface area (Å²) in [5, 5.41) is 0. The molecule has 20 heavy (non-hydrogen) atoms. The summed E-state index contributed by atoms with van der Waals surface area (Å²) in [5.74, 6) is -0.686. The van der Waals surface area contributed by atoms with Crippen molar-refractivity contribution >= 4 is 15.8 Å². The quantitative estimate of drug-likeness (QED) is 0.615. The number of anilines is 1. The van der Waals surface area contributed by atoms with Gasteiger partial charge >= 0.3 is 15.6 Å². The van der Waals surface area contributed by atoms with Crippen LogP contribution in [0.15, 0.2) is 6.07 Å². The topological polar surface area (TPSA) is 108 Å². The molecule has 1 aromatic heterocycles. The first-order valence-electron chi connectivity index (χ1n) is 5.65. The highest BCUT2D eigenvalue weighted by Crippen LogP contribution is 2.31. The van der Waals surface area contributed by atoms with Crippen molar-refractivity contribution in [2.45, 2.75) is 30.8 Å². The van der Waals surface area contributed by atoms with Gasteiger partial charge in [-0.15, -0.1) is 0 Å². The number of aromatic nitrogens is 1. The summed E-state index contributed by atoms with van der Waals surface area (Å²) in [7, 11) is -5.75. The Hall–Kier alpha value is -1.55. The zero-order valence-corrected chi connectivity index (χ0v) is 11.0. The van der Waals surface area contributed by atoms with E-state index in [1.165, 1.54) is 0 Å². The van der Waals surface area contributed by atoms with Gasteiger partial charge in [0.05, 0.1) is 0 Å². The number of rotatable bonds is 2. The van der Waals surface area contributed by atoms with Gasteiger partial charge in [0.15, 0.2) is 0 Å². The third kappa shape index (κ3) is 2.80. The van der Waals surface area contributed by atoms with E-state index < -0.39 is 21.5 Å². The van der Waals surface area contributed by atoms with E-state index in [0.29, 0.717) is 30.5 Å². The van der Waals surface area contributed by atoms with Crippen molar-refractivity contribution in [2.24, 2.45) is 5.73 Å². The second-order valence-electron chi connectivity index (χ2n) is 4.46. The first kappa shape index (κ1) is 14.9. The predicted molar refractivity (Wildman–Crippen MR) is 64.3 cm³/mol. The smallest absolute Gasteiger partial charge is 0.398 e. The van der Waals surface area contributed by atoms with Crippen LogP contribution in [0, 0.1) is 0 Å². The highest BCUT2D eigenvalue weighted by molar-refractivity contribution is 7.87. The van der Waals surface area contributed by atoms with Gasteiger partial charge in [0.25, 0.3) is 0 Å². The van der Waals surface area contributed by atoms with E-state index in [2.05, 4.69) is 9.17 Å². The minimum absolute atomic E-state index is 0.0997. The molecule has 0 bridgehead atoms. The number of aryl methyl sites for hydroxylation is 1. The monoisotopic (exact) mass is 311 g/mol. The Balaban J connectivity index is 2.35. The molecule has 6 nitrogen and oxygen atoms in total. The molecule has 0 radical (unpaired) electrons. The molecule has 0 saturated carbocycles. The number of nitrogens with two attached hydrogens (primary N) is 2. The van der Waals surface area contributed by atoms with Crippen LogP contribution in [0.4, 0.5) is 18.9 Å². The predicted octanol–water partition coefficient (Wildman–Crippen LogP) is 0.708. The third-order valence-electron chi connectivity index (χ3n) is 2.92. The first-order chi connectivity index (χ1) is 9.10. The van der Waals surface area contributed by atoms with Gasteiger partial charge < -0.3 is 15.7 Å². The lowest BCUT2D eigenvalue weighted by atomic mass is 9.91. The Bertz CT molecular complexity index is 631. The molecular formula is C10H12F3N3O3S. The molecule has 2 rings (SSSR count). The number of nitrogen functional groups attached to an aromatic ring is 1. The average Bonchev–Trinajstić information content (AvgIpc) is 2.28. The van der Waals surface area contributed by atoms with Crippen LogP contribution in [0.1, 0.15) is 17.7 Å². The van der Waals surface area contributed by atoms with E-state index in [4.69, 9.17) is 11.5 Å². The number of halogens is 3. The van der Waals surface area contributed by atoms with Gasteiger partial charge in [0, 0.05) is 23.5 Å². The largest absolute Gasteiger partial charge is 0.534 e. The standard InChI is InChI=1S/C10H12F3N3O3S/c11-10(12,13)20(17,18)19-9-4-7(15)6-3-5(14)1-2-8(6)16-9/h4-5H,1-3,14H2,(H2,15,16). The molecule has 112 valence electrons. The maximum atomic E-state index is 12.2. The van der Waals surface area contributed by atoms with Crippen molar-refractivity contribution in [1.29, 1.82) is 0 Å². The Morgan fingerprint density at radius 2 is 2.05 bits per heavy atom. The zero-order valence-electron chi connectivity index (χ0n) is 10.1. The van der Waals surface area contributed by atoms with Gasteiger partial charge in [0.2, 0.25) is 5.88 Å². The minimum atomic E-state index is -5.75. The number of hydrogen-bond donors (Lipinski definition) is 2.